The highest BCUT2D eigenvalue weighted by atomic mass is 16.5. The maximum absolute atomic E-state index is 11.3. The highest BCUT2D eigenvalue weighted by Gasteiger charge is 2.50. The largest absolute Gasteiger partial charge is 0.496 e. The number of methoxy groups -OCH3 is 1. The molecule has 3 nitrogen and oxygen atoms in total. The second-order valence-electron chi connectivity index (χ2n) is 5.40. The van der Waals surface area contributed by atoms with Crippen LogP contribution in [0, 0.1) is 26.2 Å². The molecule has 1 aliphatic carbocycles. The van der Waals surface area contributed by atoms with E-state index in [4.69, 9.17) is 4.74 Å². The van der Waals surface area contributed by atoms with Gasteiger partial charge in [0, 0.05) is 0 Å². The quantitative estimate of drug-likeness (QED) is 0.890. The molecule has 0 aliphatic heterocycles. The summed E-state index contributed by atoms with van der Waals surface area (Å²) in [4.78, 5) is 11.3. The molecule has 0 heterocycles. The molecule has 1 aromatic rings. The van der Waals surface area contributed by atoms with Gasteiger partial charge in [0.2, 0.25) is 0 Å². The number of benzene rings is 1. The van der Waals surface area contributed by atoms with Gasteiger partial charge in [0.1, 0.15) is 5.75 Å². The van der Waals surface area contributed by atoms with Crippen molar-refractivity contribution in [3.8, 4) is 5.75 Å². The number of rotatable bonds is 4. The third-order valence-corrected chi connectivity index (χ3v) is 4.17. The van der Waals surface area contributed by atoms with E-state index in [1.54, 1.807) is 7.11 Å². The minimum absolute atomic E-state index is 0.502. The van der Waals surface area contributed by atoms with Crippen molar-refractivity contribution in [3.05, 3.63) is 28.3 Å². The van der Waals surface area contributed by atoms with E-state index in [2.05, 4.69) is 6.07 Å². The van der Waals surface area contributed by atoms with Gasteiger partial charge in [-0.2, -0.15) is 0 Å². The number of carboxylic acid groups (broad SMARTS) is 1. The Hall–Kier alpha value is -1.51. The molecule has 0 bridgehead atoms. The van der Waals surface area contributed by atoms with Crippen molar-refractivity contribution in [2.75, 3.05) is 7.11 Å². The first kappa shape index (κ1) is 12.9. The minimum atomic E-state index is -0.659. The molecule has 0 saturated heterocycles. The number of carboxylic acids is 1. The van der Waals surface area contributed by atoms with E-state index in [1.165, 1.54) is 0 Å². The van der Waals surface area contributed by atoms with Gasteiger partial charge in [-0.25, -0.2) is 0 Å². The van der Waals surface area contributed by atoms with E-state index in [9.17, 15) is 9.90 Å². The van der Waals surface area contributed by atoms with Crippen LogP contribution in [0.1, 0.15) is 35.1 Å². The Balaban J connectivity index is 2.38. The Morgan fingerprint density at radius 3 is 2.39 bits per heavy atom. The van der Waals surface area contributed by atoms with Gasteiger partial charge in [0.15, 0.2) is 0 Å². The molecule has 0 amide bonds. The molecule has 0 radical (unpaired) electrons. The summed E-state index contributed by atoms with van der Waals surface area (Å²) >= 11 is 0. The Kier molecular flexibility index (Phi) is 3.09. The predicted octanol–water partition coefficient (Wildman–Crippen LogP) is 3.03. The lowest BCUT2D eigenvalue weighted by Gasteiger charge is -2.18. The first-order chi connectivity index (χ1) is 8.41. The fraction of sp³-hybridized carbons (Fsp3) is 0.533. The maximum atomic E-state index is 11.3. The van der Waals surface area contributed by atoms with Gasteiger partial charge in [-0.05, 0) is 62.3 Å². The van der Waals surface area contributed by atoms with Crippen LogP contribution in [0.4, 0.5) is 0 Å². The van der Waals surface area contributed by atoms with Crippen LogP contribution in [0.3, 0.4) is 0 Å². The summed E-state index contributed by atoms with van der Waals surface area (Å²) in [5.74, 6) is 0.254. The molecule has 0 aromatic heterocycles. The Morgan fingerprint density at radius 2 is 1.94 bits per heavy atom. The molecule has 1 aliphatic rings. The fourth-order valence-corrected chi connectivity index (χ4v) is 2.62. The van der Waals surface area contributed by atoms with Crippen molar-refractivity contribution in [1.82, 2.24) is 0 Å². The topological polar surface area (TPSA) is 46.5 Å². The molecular weight excluding hydrogens is 228 g/mol. The molecule has 1 fully saturated rings. The van der Waals surface area contributed by atoms with Crippen LogP contribution < -0.4 is 4.74 Å². The van der Waals surface area contributed by atoms with Crippen LogP contribution in [0.25, 0.3) is 0 Å². The maximum Gasteiger partial charge on any atom is 0.309 e. The molecule has 1 N–H and O–H groups in total. The van der Waals surface area contributed by atoms with Crippen molar-refractivity contribution in [3.63, 3.8) is 0 Å². The smallest absolute Gasteiger partial charge is 0.309 e. The number of aliphatic carboxylic acids is 1. The average molecular weight is 248 g/mol. The third-order valence-electron chi connectivity index (χ3n) is 4.17. The summed E-state index contributed by atoms with van der Waals surface area (Å²) in [6, 6.07) is 2.07. The standard InChI is InChI=1S/C15H20O3/c1-9-7-12(8-15(5-6-15)14(16)17)10(2)11(3)13(9)18-4/h7H,5-6,8H2,1-4H3,(H,16,17). The van der Waals surface area contributed by atoms with Crippen LogP contribution in [0.2, 0.25) is 0 Å². The molecule has 18 heavy (non-hydrogen) atoms. The summed E-state index contributed by atoms with van der Waals surface area (Å²) in [7, 11) is 1.67. The van der Waals surface area contributed by atoms with Gasteiger partial charge in [0.25, 0.3) is 0 Å². The monoisotopic (exact) mass is 248 g/mol. The lowest BCUT2D eigenvalue weighted by Crippen LogP contribution is -2.18. The summed E-state index contributed by atoms with van der Waals surface area (Å²) in [6.45, 7) is 6.09. The molecule has 0 atom stereocenters. The van der Waals surface area contributed by atoms with Crippen molar-refractivity contribution < 1.29 is 14.6 Å². The van der Waals surface area contributed by atoms with Gasteiger partial charge in [-0.3, -0.25) is 4.79 Å². The molecule has 98 valence electrons. The van der Waals surface area contributed by atoms with Crippen molar-refractivity contribution in [2.24, 2.45) is 5.41 Å². The van der Waals surface area contributed by atoms with Crippen molar-refractivity contribution in [2.45, 2.75) is 40.0 Å². The first-order valence-electron chi connectivity index (χ1n) is 6.28. The van der Waals surface area contributed by atoms with Crippen LogP contribution in [-0.2, 0) is 11.2 Å². The normalized spacial score (nSPS) is 16.4. The number of aryl methyl sites for hydroxylation is 1. The molecule has 0 spiro atoms. The van der Waals surface area contributed by atoms with Gasteiger partial charge < -0.3 is 9.84 Å². The SMILES string of the molecule is COc1c(C)cc(CC2(C(=O)O)CC2)c(C)c1C. The molecule has 2 rings (SSSR count). The van der Waals surface area contributed by atoms with E-state index in [0.717, 1.165) is 40.8 Å². The van der Waals surface area contributed by atoms with Gasteiger partial charge in [-0.15, -0.1) is 0 Å². The number of hydrogen-bond acceptors (Lipinski definition) is 2. The van der Waals surface area contributed by atoms with E-state index in [1.807, 2.05) is 20.8 Å². The summed E-state index contributed by atoms with van der Waals surface area (Å²) < 4.78 is 5.39. The van der Waals surface area contributed by atoms with E-state index >= 15 is 0 Å². The van der Waals surface area contributed by atoms with Gasteiger partial charge in [-0.1, -0.05) is 6.07 Å². The summed E-state index contributed by atoms with van der Waals surface area (Å²) in [5, 5.41) is 9.27. The number of hydrogen-bond donors (Lipinski definition) is 1. The molecular formula is C15H20O3. The minimum Gasteiger partial charge on any atom is -0.496 e. The first-order valence-corrected chi connectivity index (χ1v) is 6.28. The van der Waals surface area contributed by atoms with Crippen LogP contribution in [-0.4, -0.2) is 18.2 Å². The number of ether oxygens (including phenoxy) is 1. The van der Waals surface area contributed by atoms with Gasteiger partial charge >= 0.3 is 5.97 Å². The average Bonchev–Trinajstić information content (AvgIpc) is 3.07. The van der Waals surface area contributed by atoms with Crippen molar-refractivity contribution in [1.29, 1.82) is 0 Å². The van der Waals surface area contributed by atoms with E-state index in [0.29, 0.717) is 6.42 Å². The Bertz CT molecular complexity index is 499. The fourth-order valence-electron chi connectivity index (χ4n) is 2.62. The predicted molar refractivity (Wildman–Crippen MR) is 70.2 cm³/mol. The zero-order valence-corrected chi connectivity index (χ0v) is 11.5. The van der Waals surface area contributed by atoms with Crippen LogP contribution in [0.5, 0.6) is 5.75 Å². The Morgan fingerprint density at radius 1 is 1.33 bits per heavy atom. The molecule has 3 heteroatoms. The molecule has 0 unspecified atom stereocenters. The molecule has 1 saturated carbocycles. The number of carbonyl (C=O) groups is 1. The lowest BCUT2D eigenvalue weighted by molar-refractivity contribution is -0.143. The summed E-state index contributed by atoms with van der Waals surface area (Å²) in [5.41, 5.74) is 4.00. The summed E-state index contributed by atoms with van der Waals surface area (Å²) in [6.07, 6.45) is 2.23. The van der Waals surface area contributed by atoms with E-state index in [-0.39, 0.29) is 0 Å². The van der Waals surface area contributed by atoms with Crippen LogP contribution >= 0.6 is 0 Å². The second kappa shape index (κ2) is 4.30. The molecule has 1 aromatic carbocycles. The van der Waals surface area contributed by atoms with Crippen LogP contribution in [0.15, 0.2) is 6.07 Å². The Labute approximate surface area is 108 Å². The highest BCUT2D eigenvalue weighted by molar-refractivity contribution is 5.78. The van der Waals surface area contributed by atoms with Crippen molar-refractivity contribution >= 4 is 5.97 Å². The zero-order chi connectivity index (χ0) is 13.5. The van der Waals surface area contributed by atoms with E-state index < -0.39 is 11.4 Å². The second-order valence-corrected chi connectivity index (χ2v) is 5.40. The zero-order valence-electron chi connectivity index (χ0n) is 11.5. The third kappa shape index (κ3) is 1.98. The lowest BCUT2D eigenvalue weighted by atomic mass is 9.90. The highest BCUT2D eigenvalue weighted by Crippen LogP contribution is 2.49. The van der Waals surface area contributed by atoms with Gasteiger partial charge in [0.05, 0.1) is 12.5 Å².